The van der Waals surface area contributed by atoms with E-state index >= 15 is 0 Å². The average Bonchev–Trinajstić information content (AvgIpc) is 2.86. The van der Waals surface area contributed by atoms with Crippen molar-refractivity contribution in [3.63, 3.8) is 0 Å². The molecule has 1 saturated heterocycles. The molecule has 25 heavy (non-hydrogen) atoms. The second-order valence-corrected chi connectivity index (χ2v) is 6.44. The number of nitrogen functional groups attached to an aromatic ring is 1. The quantitative estimate of drug-likeness (QED) is 0.806. The van der Waals surface area contributed by atoms with Crippen LogP contribution in [0.25, 0.3) is 11.1 Å². The molecular weight excluding hydrogens is 342 g/mol. The van der Waals surface area contributed by atoms with E-state index in [1.54, 1.807) is 4.52 Å². The molecule has 2 aromatic heterocycles. The highest BCUT2D eigenvalue weighted by Crippen LogP contribution is 2.32. The van der Waals surface area contributed by atoms with Gasteiger partial charge in [-0.25, -0.2) is 9.50 Å². The molecule has 0 spiro atoms. The van der Waals surface area contributed by atoms with Gasteiger partial charge in [0.15, 0.2) is 0 Å². The first-order valence-electron chi connectivity index (χ1n) is 7.99. The zero-order valence-corrected chi connectivity index (χ0v) is 15.3. The summed E-state index contributed by atoms with van der Waals surface area (Å²) in [7, 11) is 0. The highest BCUT2D eigenvalue weighted by molar-refractivity contribution is 6.35. The molecule has 1 aliphatic rings. The van der Waals surface area contributed by atoms with E-state index in [1.807, 2.05) is 20.8 Å². The Morgan fingerprint density at radius 2 is 2.20 bits per heavy atom. The van der Waals surface area contributed by atoms with Crippen LogP contribution in [0.4, 0.5) is 5.95 Å². The topological polar surface area (TPSA) is 109 Å². The van der Waals surface area contributed by atoms with Gasteiger partial charge in [0.05, 0.1) is 35.2 Å². The van der Waals surface area contributed by atoms with Crippen molar-refractivity contribution < 1.29 is 9.84 Å². The Hall–Kier alpha value is -2.14. The van der Waals surface area contributed by atoms with Crippen molar-refractivity contribution in [3.05, 3.63) is 28.0 Å². The average molecular weight is 364 g/mol. The van der Waals surface area contributed by atoms with Gasteiger partial charge in [-0.15, -0.1) is 5.10 Å². The van der Waals surface area contributed by atoms with Gasteiger partial charge in [0, 0.05) is 6.61 Å². The monoisotopic (exact) mass is 363 g/mol. The molecule has 0 amide bonds. The summed E-state index contributed by atoms with van der Waals surface area (Å²) in [5.41, 5.74) is 9.27. The van der Waals surface area contributed by atoms with Crippen LogP contribution >= 0.6 is 11.6 Å². The lowest BCUT2D eigenvalue weighted by atomic mass is 10.1. The lowest BCUT2D eigenvalue weighted by Crippen LogP contribution is -2.21. The minimum absolute atomic E-state index is 0.140. The van der Waals surface area contributed by atoms with E-state index in [0.717, 1.165) is 30.6 Å². The Kier molecular flexibility index (Phi) is 6.37. The molecule has 0 radical (unpaired) electrons. The number of nitrogens with zero attached hydrogens (tertiary/aromatic N) is 4. The third-order valence-corrected chi connectivity index (χ3v) is 4.38. The number of nitrogens with two attached hydrogens (primary N) is 1. The maximum Gasteiger partial charge on any atom is 0.238 e. The first-order valence-corrected chi connectivity index (χ1v) is 8.37. The van der Waals surface area contributed by atoms with E-state index in [9.17, 15) is 5.26 Å². The molecule has 0 aromatic carbocycles. The highest BCUT2D eigenvalue weighted by Gasteiger charge is 2.20. The summed E-state index contributed by atoms with van der Waals surface area (Å²) in [4.78, 5) is 3.90. The van der Waals surface area contributed by atoms with Gasteiger partial charge in [-0.3, -0.25) is 0 Å². The Balaban J connectivity index is 0.000000269. The molecule has 1 aliphatic heterocycles. The molecule has 3 heterocycles. The fourth-order valence-electron chi connectivity index (χ4n) is 2.43. The van der Waals surface area contributed by atoms with E-state index in [4.69, 9.17) is 27.2 Å². The predicted octanol–water partition coefficient (Wildman–Crippen LogP) is 2.81. The molecule has 0 saturated carbocycles. The van der Waals surface area contributed by atoms with Crippen molar-refractivity contribution in [2.75, 3.05) is 18.9 Å². The van der Waals surface area contributed by atoms with E-state index in [-0.39, 0.29) is 12.1 Å². The predicted molar refractivity (Wildman–Crippen MR) is 97.1 cm³/mol. The molecule has 2 aromatic rings. The van der Waals surface area contributed by atoms with Gasteiger partial charge in [0.2, 0.25) is 5.95 Å². The van der Waals surface area contributed by atoms with Crippen molar-refractivity contribution >= 4 is 28.6 Å². The lowest BCUT2D eigenvalue weighted by molar-refractivity contribution is -0.00535. The largest absolute Gasteiger partial charge is 0.391 e. The number of rotatable bonds is 1. The fourth-order valence-corrected chi connectivity index (χ4v) is 2.69. The van der Waals surface area contributed by atoms with Gasteiger partial charge in [-0.1, -0.05) is 17.2 Å². The van der Waals surface area contributed by atoms with Crippen LogP contribution < -0.4 is 5.73 Å². The molecule has 0 aliphatic carbocycles. The Bertz CT molecular complexity index is 828. The number of hydrogen-bond acceptors (Lipinski definition) is 6. The normalized spacial score (nSPS) is 16.7. The number of nitriles is 1. The van der Waals surface area contributed by atoms with E-state index in [0.29, 0.717) is 28.4 Å². The van der Waals surface area contributed by atoms with Crippen LogP contribution in [-0.4, -0.2) is 39.0 Å². The number of aliphatic hydroxyl groups excluding tert-OH is 1. The lowest BCUT2D eigenvalue weighted by Gasteiger charge is -2.15. The third kappa shape index (κ3) is 4.28. The minimum atomic E-state index is -0.186. The standard InChI is InChI=1S/C12H12ClN5.C5H10O2/c1-6(2)7(3)11-8(4-14)10(13)9-5-16-12(15)17-18(9)11;6-5-2-1-3-7-4-5/h5H,1-3H3,(H2,15,17);5-6H,1-4H2. The van der Waals surface area contributed by atoms with Crippen LogP contribution in [0, 0.1) is 11.3 Å². The fraction of sp³-hybridized carbons (Fsp3) is 0.471. The van der Waals surface area contributed by atoms with E-state index in [1.165, 1.54) is 6.20 Å². The third-order valence-electron chi connectivity index (χ3n) is 4.00. The summed E-state index contributed by atoms with van der Waals surface area (Å²) in [5, 5.41) is 22.5. The molecule has 1 fully saturated rings. The molecule has 7 nitrogen and oxygen atoms in total. The van der Waals surface area contributed by atoms with E-state index < -0.39 is 0 Å². The smallest absolute Gasteiger partial charge is 0.238 e. The van der Waals surface area contributed by atoms with Crippen LogP contribution in [0.5, 0.6) is 0 Å². The summed E-state index contributed by atoms with van der Waals surface area (Å²) in [6.07, 6.45) is 3.27. The van der Waals surface area contributed by atoms with Gasteiger partial charge in [-0.2, -0.15) is 5.26 Å². The zero-order valence-electron chi connectivity index (χ0n) is 14.6. The van der Waals surface area contributed by atoms with E-state index in [2.05, 4.69) is 16.2 Å². The Labute approximate surface area is 151 Å². The summed E-state index contributed by atoms with van der Waals surface area (Å²) in [5.74, 6) is 0.140. The van der Waals surface area contributed by atoms with Gasteiger partial charge < -0.3 is 15.6 Å². The zero-order chi connectivity index (χ0) is 18.6. The number of aromatic nitrogens is 3. The first kappa shape index (κ1) is 19.2. The van der Waals surface area contributed by atoms with Crippen LogP contribution in [0.1, 0.15) is 44.9 Å². The van der Waals surface area contributed by atoms with Crippen LogP contribution in [0.15, 0.2) is 11.8 Å². The van der Waals surface area contributed by atoms with Crippen LogP contribution in [-0.2, 0) is 4.74 Å². The number of halogens is 1. The maximum absolute atomic E-state index is 9.25. The number of fused-ring (bicyclic) bond motifs is 1. The van der Waals surface area contributed by atoms with Crippen molar-refractivity contribution in [1.82, 2.24) is 14.6 Å². The molecule has 8 heteroatoms. The molecule has 1 unspecified atom stereocenters. The molecule has 3 N–H and O–H groups in total. The molecule has 1 atom stereocenters. The summed E-state index contributed by atoms with van der Waals surface area (Å²) in [6.45, 7) is 7.23. The van der Waals surface area contributed by atoms with Crippen molar-refractivity contribution in [2.24, 2.45) is 0 Å². The maximum atomic E-state index is 9.25. The second kappa shape index (κ2) is 8.30. The minimum Gasteiger partial charge on any atom is -0.391 e. The number of allylic oxidation sites excluding steroid dienone is 2. The van der Waals surface area contributed by atoms with Crippen molar-refractivity contribution in [2.45, 2.75) is 39.7 Å². The number of anilines is 1. The Morgan fingerprint density at radius 1 is 1.48 bits per heavy atom. The summed E-state index contributed by atoms with van der Waals surface area (Å²) in [6, 6.07) is 2.11. The van der Waals surface area contributed by atoms with Crippen LogP contribution in [0.2, 0.25) is 5.02 Å². The highest BCUT2D eigenvalue weighted by atomic mass is 35.5. The van der Waals surface area contributed by atoms with Gasteiger partial charge in [0.25, 0.3) is 0 Å². The molecule has 134 valence electrons. The SMILES string of the molecule is CC(C)=C(C)c1c(C#N)c(Cl)c2cnc(N)nn12.OC1CCCOC1. The summed E-state index contributed by atoms with van der Waals surface area (Å²) >= 11 is 6.18. The number of aliphatic hydroxyl groups is 1. The van der Waals surface area contributed by atoms with Gasteiger partial charge in [-0.05, 0) is 39.2 Å². The summed E-state index contributed by atoms with van der Waals surface area (Å²) < 4.78 is 6.51. The second-order valence-electron chi connectivity index (χ2n) is 6.06. The Morgan fingerprint density at radius 3 is 2.68 bits per heavy atom. The van der Waals surface area contributed by atoms with Crippen LogP contribution in [0.3, 0.4) is 0 Å². The van der Waals surface area contributed by atoms with Gasteiger partial charge >= 0.3 is 0 Å². The van der Waals surface area contributed by atoms with Crippen molar-refractivity contribution in [3.8, 4) is 6.07 Å². The number of ether oxygens (including phenoxy) is 1. The number of hydrogen-bond donors (Lipinski definition) is 2. The van der Waals surface area contributed by atoms with Crippen molar-refractivity contribution in [1.29, 1.82) is 5.26 Å². The molecule has 0 bridgehead atoms. The molecule has 3 rings (SSSR count). The molecular formula is C17H22ClN5O2. The first-order chi connectivity index (χ1) is 11.9. The van der Waals surface area contributed by atoms with Gasteiger partial charge in [0.1, 0.15) is 11.6 Å².